The van der Waals surface area contributed by atoms with E-state index >= 15 is 0 Å². The molecule has 0 fully saturated rings. The maximum absolute atomic E-state index is 11.8. The lowest BCUT2D eigenvalue weighted by atomic mass is 10.4. The number of rotatable bonds is 1. The second kappa shape index (κ2) is 2.53. The zero-order chi connectivity index (χ0) is 7.56. The van der Waals surface area contributed by atoms with E-state index in [0.717, 1.165) is 6.07 Å². The van der Waals surface area contributed by atoms with Gasteiger partial charge in [0.05, 0.1) is 1.37 Å². The molecule has 48 valence electrons. The van der Waals surface area contributed by atoms with E-state index in [1.165, 1.54) is 12.3 Å². The van der Waals surface area contributed by atoms with Gasteiger partial charge in [0.2, 0.25) is 0 Å². The summed E-state index contributed by atoms with van der Waals surface area (Å²) in [4.78, 5) is 3.37. The minimum Gasteiger partial charge on any atom is -0.255 e. The van der Waals surface area contributed by atoms with Gasteiger partial charge in [-0.25, -0.2) is 8.78 Å². The van der Waals surface area contributed by atoms with Crippen molar-refractivity contribution in [2.75, 3.05) is 0 Å². The van der Waals surface area contributed by atoms with Crippen molar-refractivity contribution in [3.05, 3.63) is 30.1 Å². The number of hydrogen-bond acceptors (Lipinski definition) is 1. The zero-order valence-electron chi connectivity index (χ0n) is 5.51. The Morgan fingerprint density at radius 2 is 2.44 bits per heavy atom. The molecule has 0 spiro atoms. The summed E-state index contributed by atoms with van der Waals surface area (Å²) in [5.41, 5.74) is -0.340. The van der Waals surface area contributed by atoms with Crippen LogP contribution >= 0.6 is 0 Å². The highest BCUT2D eigenvalue weighted by molar-refractivity contribution is 5.03. The van der Waals surface area contributed by atoms with Gasteiger partial charge in [0, 0.05) is 6.20 Å². The number of pyridine rings is 1. The van der Waals surface area contributed by atoms with Crippen LogP contribution in [0.5, 0.6) is 0 Å². The third-order valence-electron chi connectivity index (χ3n) is 0.849. The Morgan fingerprint density at radius 3 is 2.89 bits per heavy atom. The first-order valence-electron chi connectivity index (χ1n) is 2.91. The van der Waals surface area contributed by atoms with Gasteiger partial charge in [0.1, 0.15) is 5.69 Å². The molecule has 1 aromatic heterocycles. The molecule has 1 aromatic rings. The second-order valence-corrected chi connectivity index (χ2v) is 1.48. The van der Waals surface area contributed by atoms with Crippen molar-refractivity contribution in [1.29, 1.82) is 0 Å². The molecule has 0 aliphatic carbocycles. The maximum Gasteiger partial charge on any atom is 0.280 e. The molecule has 0 bridgehead atoms. The number of hydrogen-bond donors (Lipinski definition) is 0. The predicted octanol–water partition coefficient (Wildman–Crippen LogP) is 2.02. The summed E-state index contributed by atoms with van der Waals surface area (Å²) in [7, 11) is 0. The molecule has 0 amide bonds. The highest BCUT2D eigenvalue weighted by atomic mass is 19.3. The summed E-state index contributed by atoms with van der Waals surface area (Å²) in [5.74, 6) is 0. The average Bonchev–Trinajstić information content (AvgIpc) is 1.88. The fourth-order valence-electron chi connectivity index (χ4n) is 0.456. The third-order valence-corrected chi connectivity index (χ3v) is 0.849. The minimum absolute atomic E-state index is 0.0605. The van der Waals surface area contributed by atoms with Crippen LogP contribution < -0.4 is 0 Å². The van der Waals surface area contributed by atoms with E-state index in [2.05, 4.69) is 4.98 Å². The van der Waals surface area contributed by atoms with E-state index in [9.17, 15) is 8.78 Å². The van der Waals surface area contributed by atoms with Gasteiger partial charge in [0.15, 0.2) is 0 Å². The van der Waals surface area contributed by atoms with Crippen molar-refractivity contribution in [3.8, 4) is 0 Å². The van der Waals surface area contributed by atoms with Gasteiger partial charge in [-0.3, -0.25) is 4.98 Å². The second-order valence-electron chi connectivity index (χ2n) is 1.48. The average molecular weight is 130 g/mol. The fraction of sp³-hybridized carbons (Fsp3) is 0.167. The van der Waals surface area contributed by atoms with Gasteiger partial charge in [-0.15, -0.1) is 0 Å². The summed E-state index contributed by atoms with van der Waals surface area (Å²) in [6.45, 7) is 0. The van der Waals surface area contributed by atoms with Crippen molar-refractivity contribution in [2.24, 2.45) is 0 Å². The molecule has 1 rings (SSSR count). The van der Waals surface area contributed by atoms with Crippen LogP contribution in [0.4, 0.5) is 8.78 Å². The van der Waals surface area contributed by atoms with E-state index in [-0.39, 0.29) is 11.7 Å². The lowest BCUT2D eigenvalue weighted by Gasteiger charge is -1.93. The van der Waals surface area contributed by atoms with Crippen LogP contribution in [0.3, 0.4) is 0 Å². The van der Waals surface area contributed by atoms with Crippen molar-refractivity contribution in [1.82, 2.24) is 4.98 Å². The van der Waals surface area contributed by atoms with Crippen LogP contribution in [-0.4, -0.2) is 4.98 Å². The number of halogens is 2. The molecular formula is C6H5F2N. The Labute approximate surface area is 52.8 Å². The number of aromatic nitrogens is 1. The first-order chi connectivity index (χ1) is 4.70. The molecule has 0 saturated carbocycles. The first kappa shape index (κ1) is 4.85. The van der Waals surface area contributed by atoms with Gasteiger partial charge < -0.3 is 0 Å². The van der Waals surface area contributed by atoms with Crippen molar-refractivity contribution in [3.63, 3.8) is 0 Å². The SMILES string of the molecule is [2H]c1ccnc(C(F)F)c1. The molecule has 3 heteroatoms. The topological polar surface area (TPSA) is 12.9 Å². The first-order valence-corrected chi connectivity index (χ1v) is 2.41. The van der Waals surface area contributed by atoms with E-state index in [4.69, 9.17) is 1.37 Å². The van der Waals surface area contributed by atoms with Crippen LogP contribution in [0, 0.1) is 0 Å². The third kappa shape index (κ3) is 1.45. The molecule has 1 heterocycles. The lowest BCUT2D eigenvalue weighted by molar-refractivity contribution is 0.146. The van der Waals surface area contributed by atoms with E-state index in [1.807, 2.05) is 0 Å². The van der Waals surface area contributed by atoms with E-state index in [0.29, 0.717) is 0 Å². The number of nitrogens with zero attached hydrogens (tertiary/aromatic N) is 1. The predicted molar refractivity (Wildman–Crippen MR) is 29.2 cm³/mol. The van der Waals surface area contributed by atoms with Gasteiger partial charge >= 0.3 is 0 Å². The van der Waals surface area contributed by atoms with Crippen LogP contribution in [-0.2, 0) is 0 Å². The van der Waals surface area contributed by atoms with E-state index < -0.39 is 6.43 Å². The Kier molecular flexibility index (Phi) is 1.36. The Bertz CT molecular complexity index is 227. The lowest BCUT2D eigenvalue weighted by Crippen LogP contribution is -1.85. The monoisotopic (exact) mass is 130 g/mol. The summed E-state index contributed by atoms with van der Waals surface area (Å²) >= 11 is 0. The smallest absolute Gasteiger partial charge is 0.255 e. The van der Waals surface area contributed by atoms with Gasteiger partial charge in [-0.2, -0.15) is 0 Å². The molecule has 0 saturated heterocycles. The normalized spacial score (nSPS) is 11.7. The quantitative estimate of drug-likeness (QED) is 0.566. The van der Waals surface area contributed by atoms with Crippen molar-refractivity contribution >= 4 is 0 Å². The Balaban J connectivity index is 2.96. The molecule has 0 aliphatic rings. The standard InChI is InChI=1S/C6H5F2N/c7-6(8)5-3-1-2-4-9-5/h1-4,6H/i1D. The number of alkyl halides is 2. The molecule has 0 radical (unpaired) electrons. The Hall–Kier alpha value is -0.990. The van der Waals surface area contributed by atoms with Crippen molar-refractivity contribution < 1.29 is 10.2 Å². The molecule has 0 atom stereocenters. The zero-order valence-corrected chi connectivity index (χ0v) is 4.51. The molecule has 0 unspecified atom stereocenters. The highest BCUT2D eigenvalue weighted by Crippen LogP contribution is 2.13. The fourth-order valence-corrected chi connectivity index (χ4v) is 0.456. The molecule has 0 aliphatic heterocycles. The maximum atomic E-state index is 11.8. The summed E-state index contributed by atoms with van der Waals surface area (Å²) in [6, 6.07) is 2.46. The molecule has 0 N–H and O–H groups in total. The summed E-state index contributed by atoms with van der Waals surface area (Å²) in [5, 5.41) is 0. The summed E-state index contributed by atoms with van der Waals surface area (Å²) in [6.07, 6.45) is -1.38. The van der Waals surface area contributed by atoms with Gasteiger partial charge in [-0.05, 0) is 12.1 Å². The van der Waals surface area contributed by atoms with E-state index in [1.54, 1.807) is 0 Å². The van der Waals surface area contributed by atoms with Gasteiger partial charge in [-0.1, -0.05) is 6.04 Å². The van der Waals surface area contributed by atoms with Crippen LogP contribution in [0.25, 0.3) is 0 Å². The minimum atomic E-state index is -2.58. The van der Waals surface area contributed by atoms with Gasteiger partial charge in [0.25, 0.3) is 6.43 Å². The van der Waals surface area contributed by atoms with Crippen LogP contribution in [0.15, 0.2) is 24.4 Å². The molecule has 0 aromatic carbocycles. The molecular weight excluding hydrogens is 124 g/mol. The van der Waals surface area contributed by atoms with Crippen LogP contribution in [0.1, 0.15) is 13.5 Å². The summed E-state index contributed by atoms with van der Waals surface area (Å²) < 4.78 is 30.6. The molecule has 1 nitrogen and oxygen atoms in total. The van der Waals surface area contributed by atoms with Crippen molar-refractivity contribution in [2.45, 2.75) is 6.43 Å². The molecule has 9 heavy (non-hydrogen) atoms. The Morgan fingerprint density at radius 1 is 1.67 bits per heavy atom. The van der Waals surface area contributed by atoms with Crippen LogP contribution in [0.2, 0.25) is 0 Å². The highest BCUT2D eigenvalue weighted by Gasteiger charge is 2.04. The largest absolute Gasteiger partial charge is 0.280 e.